The second kappa shape index (κ2) is 7.49. The maximum atomic E-state index is 11.9. The maximum absolute atomic E-state index is 11.9. The summed E-state index contributed by atoms with van der Waals surface area (Å²) in [4.78, 5) is 17.2. The van der Waals surface area contributed by atoms with E-state index in [0.29, 0.717) is 9.90 Å². The van der Waals surface area contributed by atoms with Crippen molar-refractivity contribution in [2.75, 3.05) is 5.01 Å². The first-order valence-corrected chi connectivity index (χ1v) is 10.3. The van der Waals surface area contributed by atoms with Crippen LogP contribution in [-0.4, -0.2) is 16.5 Å². The van der Waals surface area contributed by atoms with Gasteiger partial charge in [0, 0.05) is 18.4 Å². The highest BCUT2D eigenvalue weighted by Crippen LogP contribution is 2.39. The lowest BCUT2D eigenvalue weighted by molar-refractivity contribution is 0.102. The van der Waals surface area contributed by atoms with Crippen LogP contribution in [0.15, 0.2) is 53.6 Å². The third-order valence-electron chi connectivity index (χ3n) is 4.85. The molecule has 0 unspecified atom stereocenters. The van der Waals surface area contributed by atoms with Gasteiger partial charge >= 0.3 is 0 Å². The number of halogens is 1. The Bertz CT molecular complexity index is 1050. The highest BCUT2D eigenvalue weighted by Gasteiger charge is 2.32. The zero-order valence-electron chi connectivity index (χ0n) is 15.9. The number of carbonyl (C=O) groups is 1. The van der Waals surface area contributed by atoms with Crippen molar-refractivity contribution in [3.8, 4) is 0 Å². The first-order valence-electron chi connectivity index (χ1n) is 9.10. The maximum Gasteiger partial charge on any atom is 0.207 e. The van der Waals surface area contributed by atoms with Crippen molar-refractivity contribution < 1.29 is 4.79 Å². The van der Waals surface area contributed by atoms with E-state index < -0.39 is 0 Å². The number of carbonyl (C=O) groups excluding carboxylic acids is 1. The summed E-state index contributed by atoms with van der Waals surface area (Å²) in [6.07, 6.45) is 0.763. The molecule has 0 spiro atoms. The van der Waals surface area contributed by atoms with Crippen LogP contribution >= 0.6 is 22.9 Å². The Hall–Kier alpha value is -2.50. The van der Waals surface area contributed by atoms with E-state index in [-0.39, 0.29) is 11.8 Å². The third-order valence-corrected chi connectivity index (χ3v) is 6.35. The largest absolute Gasteiger partial charge is 0.294 e. The molecular weight excluding hydrogens is 390 g/mol. The molecule has 0 saturated carbocycles. The fraction of sp³-hybridized carbons (Fsp3) is 0.227. The topological polar surface area (TPSA) is 45.6 Å². The summed E-state index contributed by atoms with van der Waals surface area (Å²) in [7, 11) is 0. The molecule has 1 atom stereocenters. The fourth-order valence-electron chi connectivity index (χ4n) is 3.36. The van der Waals surface area contributed by atoms with Crippen LogP contribution in [0.25, 0.3) is 0 Å². The molecule has 0 saturated heterocycles. The first-order chi connectivity index (χ1) is 13.4. The second-order valence-electron chi connectivity index (χ2n) is 7.00. The summed E-state index contributed by atoms with van der Waals surface area (Å²) in [6, 6.07) is 16.3. The number of benzene rings is 2. The minimum Gasteiger partial charge on any atom is -0.294 e. The quantitative estimate of drug-likeness (QED) is 0.498. The van der Waals surface area contributed by atoms with E-state index in [4.69, 9.17) is 16.7 Å². The highest BCUT2D eigenvalue weighted by molar-refractivity contribution is 7.17. The number of ketones is 1. The van der Waals surface area contributed by atoms with Crippen LogP contribution in [0.2, 0.25) is 5.02 Å². The van der Waals surface area contributed by atoms with Crippen LogP contribution in [0, 0.1) is 13.8 Å². The fourth-order valence-corrected chi connectivity index (χ4v) is 4.45. The lowest BCUT2D eigenvalue weighted by Crippen LogP contribution is -2.18. The minimum atomic E-state index is 0.0129. The second-order valence-corrected chi connectivity index (χ2v) is 8.41. The smallest absolute Gasteiger partial charge is 0.207 e. The molecule has 1 aliphatic rings. The summed E-state index contributed by atoms with van der Waals surface area (Å²) in [6.45, 7) is 5.52. The summed E-state index contributed by atoms with van der Waals surface area (Å²) >= 11 is 7.48. The molecule has 2 heterocycles. The molecule has 142 valence electrons. The molecule has 4 nitrogen and oxygen atoms in total. The number of nitrogens with zero attached hydrogens (tertiary/aromatic N) is 3. The number of Topliss-reactive ketones (excluding diaryl/α,β-unsaturated/α-hetero) is 1. The lowest BCUT2D eigenvalue weighted by Gasteiger charge is -2.21. The van der Waals surface area contributed by atoms with Crippen LogP contribution < -0.4 is 5.01 Å². The Kier molecular flexibility index (Phi) is 5.04. The van der Waals surface area contributed by atoms with Gasteiger partial charge in [-0.2, -0.15) is 5.10 Å². The molecule has 6 heteroatoms. The number of aromatic nitrogens is 1. The monoisotopic (exact) mass is 409 g/mol. The average Bonchev–Trinajstić information content (AvgIpc) is 3.27. The normalized spacial score (nSPS) is 16.4. The summed E-state index contributed by atoms with van der Waals surface area (Å²) < 4.78 is 0. The van der Waals surface area contributed by atoms with Gasteiger partial charge in [0.2, 0.25) is 5.13 Å². The van der Waals surface area contributed by atoms with Crippen molar-refractivity contribution in [3.63, 3.8) is 0 Å². The SMILES string of the molecule is CC(=O)c1sc(N2N=C(c3ccc(C)cc3)C[C@@H]2c2ccc(Cl)cc2)nc1C. The number of aryl methyl sites for hydroxylation is 2. The lowest BCUT2D eigenvalue weighted by atomic mass is 9.98. The number of hydrogen-bond donors (Lipinski definition) is 0. The van der Waals surface area contributed by atoms with Crippen LogP contribution in [0.5, 0.6) is 0 Å². The summed E-state index contributed by atoms with van der Waals surface area (Å²) in [5.74, 6) is 0.0335. The van der Waals surface area contributed by atoms with Gasteiger partial charge in [-0.3, -0.25) is 4.79 Å². The molecule has 28 heavy (non-hydrogen) atoms. The molecule has 0 N–H and O–H groups in total. The van der Waals surface area contributed by atoms with Crippen LogP contribution in [0.3, 0.4) is 0 Å². The van der Waals surface area contributed by atoms with E-state index in [9.17, 15) is 4.79 Å². The Morgan fingerprint density at radius 3 is 2.39 bits per heavy atom. The van der Waals surface area contributed by atoms with Crippen LogP contribution in [0.1, 0.15) is 51.4 Å². The average molecular weight is 410 g/mol. The van der Waals surface area contributed by atoms with Gasteiger partial charge in [0.05, 0.1) is 22.3 Å². The molecule has 0 radical (unpaired) electrons. The minimum absolute atomic E-state index is 0.0129. The van der Waals surface area contributed by atoms with Crippen LogP contribution in [0.4, 0.5) is 5.13 Å². The van der Waals surface area contributed by atoms with E-state index in [1.54, 1.807) is 6.92 Å². The zero-order valence-corrected chi connectivity index (χ0v) is 17.5. The Morgan fingerprint density at radius 1 is 1.11 bits per heavy atom. The van der Waals surface area contributed by atoms with Crippen molar-refractivity contribution in [2.24, 2.45) is 5.10 Å². The zero-order chi connectivity index (χ0) is 19.8. The van der Waals surface area contributed by atoms with Gasteiger partial charge in [0.1, 0.15) is 0 Å². The van der Waals surface area contributed by atoms with Gasteiger partial charge < -0.3 is 0 Å². The van der Waals surface area contributed by atoms with Gasteiger partial charge in [-0.05, 0) is 37.1 Å². The molecule has 1 aliphatic heterocycles. The predicted octanol–water partition coefficient (Wildman–Crippen LogP) is 5.97. The number of hydrazone groups is 1. The van der Waals surface area contributed by atoms with Crippen molar-refractivity contribution in [2.45, 2.75) is 33.2 Å². The van der Waals surface area contributed by atoms with E-state index in [1.165, 1.54) is 16.9 Å². The van der Waals surface area contributed by atoms with Gasteiger partial charge in [-0.1, -0.05) is 64.9 Å². The van der Waals surface area contributed by atoms with E-state index in [1.807, 2.05) is 36.2 Å². The van der Waals surface area contributed by atoms with E-state index in [2.05, 4.69) is 36.2 Å². The predicted molar refractivity (Wildman–Crippen MR) is 116 cm³/mol. The third kappa shape index (κ3) is 3.60. The van der Waals surface area contributed by atoms with Gasteiger partial charge in [-0.25, -0.2) is 9.99 Å². The molecule has 3 aromatic rings. The summed E-state index contributed by atoms with van der Waals surface area (Å²) in [5, 5.41) is 8.30. The number of thiazole rings is 1. The molecule has 2 aromatic carbocycles. The van der Waals surface area contributed by atoms with Gasteiger partial charge in [-0.15, -0.1) is 0 Å². The summed E-state index contributed by atoms with van der Waals surface area (Å²) in [5.41, 5.74) is 5.20. The van der Waals surface area contributed by atoms with E-state index >= 15 is 0 Å². The molecule has 0 bridgehead atoms. The van der Waals surface area contributed by atoms with Crippen molar-refractivity contribution in [1.82, 2.24) is 4.98 Å². The van der Waals surface area contributed by atoms with Crippen molar-refractivity contribution in [3.05, 3.63) is 80.8 Å². The Balaban J connectivity index is 1.77. The van der Waals surface area contributed by atoms with E-state index in [0.717, 1.165) is 34.1 Å². The van der Waals surface area contributed by atoms with Crippen molar-refractivity contribution >= 4 is 39.6 Å². The molecular formula is C22H20ClN3OS. The molecule has 1 aromatic heterocycles. The number of rotatable bonds is 4. The molecule has 0 amide bonds. The van der Waals surface area contributed by atoms with Gasteiger partial charge in [0.15, 0.2) is 5.78 Å². The standard InChI is InChI=1S/C22H20ClN3OS/c1-13-4-6-16(7-5-13)19-12-20(17-8-10-18(23)11-9-17)26(25-19)22-24-14(2)21(28-22)15(3)27/h4-11,20H,12H2,1-3H3/t20-/m1/s1. The Morgan fingerprint density at radius 2 is 1.79 bits per heavy atom. The van der Waals surface area contributed by atoms with Crippen molar-refractivity contribution in [1.29, 1.82) is 0 Å². The molecule has 0 fully saturated rings. The molecule has 4 rings (SSSR count). The first kappa shape index (κ1) is 18.8. The molecule has 0 aliphatic carbocycles. The van der Waals surface area contributed by atoms with Gasteiger partial charge in [0.25, 0.3) is 0 Å². The highest BCUT2D eigenvalue weighted by atomic mass is 35.5. The number of anilines is 1. The van der Waals surface area contributed by atoms with Crippen LogP contribution in [-0.2, 0) is 0 Å². The Labute approximate surface area is 173 Å². The number of hydrogen-bond acceptors (Lipinski definition) is 5.